The van der Waals surface area contributed by atoms with Crippen molar-refractivity contribution >= 4 is 23.5 Å². The lowest BCUT2D eigenvalue weighted by atomic mass is 10.2. The first-order valence-corrected chi connectivity index (χ1v) is 8.56. The summed E-state index contributed by atoms with van der Waals surface area (Å²) in [4.78, 5) is 35.8. The van der Waals surface area contributed by atoms with E-state index in [1.165, 1.54) is 27.4 Å². The predicted molar refractivity (Wildman–Crippen MR) is 104 cm³/mol. The van der Waals surface area contributed by atoms with Crippen LogP contribution < -0.4 is 24.8 Å². The van der Waals surface area contributed by atoms with Crippen LogP contribution in [-0.4, -0.2) is 52.3 Å². The number of anilines is 1. The summed E-state index contributed by atoms with van der Waals surface area (Å²) in [6, 6.07) is 11.3. The van der Waals surface area contributed by atoms with E-state index in [0.717, 1.165) is 0 Å². The van der Waals surface area contributed by atoms with Gasteiger partial charge in [0.05, 0.1) is 27.0 Å². The molecule has 0 aliphatic heterocycles. The molecule has 0 radical (unpaired) electrons. The van der Waals surface area contributed by atoms with E-state index < -0.39 is 24.4 Å². The number of amides is 2. The van der Waals surface area contributed by atoms with Gasteiger partial charge in [-0.2, -0.15) is 0 Å². The van der Waals surface area contributed by atoms with E-state index in [0.29, 0.717) is 28.5 Å². The minimum Gasteiger partial charge on any atom is -0.497 e. The Balaban J connectivity index is 1.80. The zero-order chi connectivity index (χ0) is 21.2. The number of esters is 1. The lowest BCUT2D eigenvalue weighted by Crippen LogP contribution is -2.32. The van der Waals surface area contributed by atoms with E-state index in [1.807, 2.05) is 0 Å². The number of hydrogen-bond donors (Lipinski definition) is 2. The van der Waals surface area contributed by atoms with Crippen LogP contribution in [0.4, 0.5) is 5.69 Å². The van der Waals surface area contributed by atoms with Crippen molar-refractivity contribution in [1.82, 2.24) is 5.32 Å². The second-order valence-corrected chi connectivity index (χ2v) is 5.69. The van der Waals surface area contributed by atoms with Gasteiger partial charge < -0.3 is 29.6 Å². The molecule has 0 aliphatic carbocycles. The maximum atomic E-state index is 12.0. The van der Waals surface area contributed by atoms with Gasteiger partial charge in [0.1, 0.15) is 23.8 Å². The second-order valence-electron chi connectivity index (χ2n) is 5.69. The maximum Gasteiger partial charge on any atom is 0.325 e. The van der Waals surface area contributed by atoms with Crippen LogP contribution in [0.3, 0.4) is 0 Å². The molecule has 2 rings (SSSR count). The van der Waals surface area contributed by atoms with Crippen LogP contribution in [0.1, 0.15) is 10.4 Å². The number of carbonyl (C=O) groups is 3. The Bertz CT molecular complexity index is 883. The van der Waals surface area contributed by atoms with Gasteiger partial charge >= 0.3 is 5.97 Å². The van der Waals surface area contributed by atoms with E-state index in [9.17, 15) is 14.4 Å². The standard InChI is InChI=1S/C20H22N2O7/c1-26-14-6-4-5-13(9-14)20(25)21-11-19(24)29-12-18(23)22-16-8-7-15(27-2)10-17(16)28-3/h4-10H,11-12H2,1-3H3,(H,21,25)(H,22,23). The number of nitrogens with one attached hydrogen (secondary N) is 2. The minimum absolute atomic E-state index is 0.335. The molecule has 0 saturated carbocycles. The van der Waals surface area contributed by atoms with Gasteiger partial charge in [-0.25, -0.2) is 0 Å². The molecular weight excluding hydrogens is 380 g/mol. The van der Waals surface area contributed by atoms with Crippen LogP contribution in [0.5, 0.6) is 17.2 Å². The SMILES string of the molecule is COc1cccc(C(=O)NCC(=O)OCC(=O)Nc2ccc(OC)cc2OC)c1. The quantitative estimate of drug-likeness (QED) is 0.613. The first-order valence-electron chi connectivity index (χ1n) is 8.56. The van der Waals surface area contributed by atoms with Crippen LogP contribution in [0.15, 0.2) is 42.5 Å². The highest BCUT2D eigenvalue weighted by Gasteiger charge is 2.13. The zero-order valence-electron chi connectivity index (χ0n) is 16.3. The second kappa shape index (κ2) is 10.5. The Morgan fingerprint density at radius 1 is 0.897 bits per heavy atom. The van der Waals surface area contributed by atoms with E-state index in [-0.39, 0.29) is 6.54 Å². The molecule has 29 heavy (non-hydrogen) atoms. The Kier molecular flexibility index (Phi) is 7.84. The van der Waals surface area contributed by atoms with Crippen molar-refractivity contribution in [2.45, 2.75) is 0 Å². The molecule has 0 heterocycles. The number of methoxy groups -OCH3 is 3. The fourth-order valence-corrected chi connectivity index (χ4v) is 2.30. The Hall–Kier alpha value is -3.75. The summed E-state index contributed by atoms with van der Waals surface area (Å²) in [5, 5.41) is 4.99. The third kappa shape index (κ3) is 6.42. The molecule has 9 heteroatoms. The highest BCUT2D eigenvalue weighted by molar-refractivity contribution is 5.97. The average Bonchev–Trinajstić information content (AvgIpc) is 2.76. The van der Waals surface area contributed by atoms with Crippen molar-refractivity contribution < 1.29 is 33.3 Å². The molecule has 2 N–H and O–H groups in total. The topological polar surface area (TPSA) is 112 Å². The fraction of sp³-hybridized carbons (Fsp3) is 0.250. The lowest BCUT2D eigenvalue weighted by Gasteiger charge is -2.12. The zero-order valence-corrected chi connectivity index (χ0v) is 16.3. The molecule has 0 fully saturated rings. The summed E-state index contributed by atoms with van der Waals surface area (Å²) in [6.45, 7) is -0.891. The largest absolute Gasteiger partial charge is 0.497 e. The normalized spacial score (nSPS) is 9.90. The van der Waals surface area contributed by atoms with Crippen molar-refractivity contribution in [3.8, 4) is 17.2 Å². The van der Waals surface area contributed by atoms with E-state index in [2.05, 4.69) is 10.6 Å². The van der Waals surface area contributed by atoms with Crippen molar-refractivity contribution in [3.05, 3.63) is 48.0 Å². The lowest BCUT2D eigenvalue weighted by molar-refractivity contribution is -0.146. The van der Waals surface area contributed by atoms with Gasteiger partial charge in [0.25, 0.3) is 11.8 Å². The Labute approximate surface area is 167 Å². The van der Waals surface area contributed by atoms with Crippen molar-refractivity contribution in [1.29, 1.82) is 0 Å². The number of hydrogen-bond acceptors (Lipinski definition) is 7. The number of ether oxygens (including phenoxy) is 4. The molecule has 0 saturated heterocycles. The molecule has 2 aromatic rings. The highest BCUT2D eigenvalue weighted by atomic mass is 16.5. The molecule has 0 aromatic heterocycles. The molecule has 9 nitrogen and oxygen atoms in total. The first-order chi connectivity index (χ1) is 14.0. The summed E-state index contributed by atoms with van der Waals surface area (Å²) in [7, 11) is 4.45. The van der Waals surface area contributed by atoms with Gasteiger partial charge in [-0.1, -0.05) is 6.07 Å². The molecule has 2 aromatic carbocycles. The Morgan fingerprint density at radius 3 is 2.31 bits per heavy atom. The number of rotatable bonds is 9. The summed E-state index contributed by atoms with van der Waals surface area (Å²) in [5.74, 6) is -0.286. The molecule has 0 atom stereocenters. The molecule has 0 bridgehead atoms. The van der Waals surface area contributed by atoms with Gasteiger partial charge in [-0.15, -0.1) is 0 Å². The van der Waals surface area contributed by atoms with Crippen LogP contribution in [0.25, 0.3) is 0 Å². The molecule has 0 aliphatic rings. The predicted octanol–water partition coefficient (Wildman–Crippen LogP) is 1.62. The Morgan fingerprint density at radius 2 is 1.62 bits per heavy atom. The van der Waals surface area contributed by atoms with Crippen LogP contribution in [0, 0.1) is 0 Å². The van der Waals surface area contributed by atoms with E-state index >= 15 is 0 Å². The van der Waals surface area contributed by atoms with Crippen molar-refractivity contribution in [3.63, 3.8) is 0 Å². The number of benzene rings is 2. The third-order valence-electron chi connectivity index (χ3n) is 3.77. The molecule has 0 spiro atoms. The van der Waals surface area contributed by atoms with Crippen LogP contribution in [-0.2, 0) is 14.3 Å². The summed E-state index contributed by atoms with van der Waals surface area (Å²) >= 11 is 0. The summed E-state index contributed by atoms with van der Waals surface area (Å²) in [5.41, 5.74) is 0.738. The fourth-order valence-electron chi connectivity index (χ4n) is 2.30. The number of carbonyl (C=O) groups excluding carboxylic acids is 3. The molecule has 154 valence electrons. The minimum atomic E-state index is -0.752. The smallest absolute Gasteiger partial charge is 0.325 e. The van der Waals surface area contributed by atoms with Crippen molar-refractivity contribution in [2.75, 3.05) is 39.8 Å². The van der Waals surface area contributed by atoms with E-state index in [4.69, 9.17) is 18.9 Å². The van der Waals surface area contributed by atoms with Gasteiger partial charge in [0, 0.05) is 11.6 Å². The first kappa shape index (κ1) is 21.5. The third-order valence-corrected chi connectivity index (χ3v) is 3.77. The van der Waals surface area contributed by atoms with Gasteiger partial charge in [0.2, 0.25) is 0 Å². The average molecular weight is 402 g/mol. The molecule has 0 unspecified atom stereocenters. The molecular formula is C20H22N2O7. The summed E-state index contributed by atoms with van der Waals surface area (Å²) in [6.07, 6.45) is 0. The van der Waals surface area contributed by atoms with Gasteiger partial charge in [0.15, 0.2) is 6.61 Å². The van der Waals surface area contributed by atoms with Gasteiger partial charge in [-0.3, -0.25) is 14.4 Å². The molecule has 2 amide bonds. The van der Waals surface area contributed by atoms with Crippen LogP contribution in [0.2, 0.25) is 0 Å². The van der Waals surface area contributed by atoms with Gasteiger partial charge in [-0.05, 0) is 30.3 Å². The van der Waals surface area contributed by atoms with Crippen LogP contribution >= 0.6 is 0 Å². The summed E-state index contributed by atoms with van der Waals surface area (Å²) < 4.78 is 20.2. The highest BCUT2D eigenvalue weighted by Crippen LogP contribution is 2.28. The van der Waals surface area contributed by atoms with E-state index in [1.54, 1.807) is 36.4 Å². The van der Waals surface area contributed by atoms with Crippen molar-refractivity contribution in [2.24, 2.45) is 0 Å². The maximum absolute atomic E-state index is 12.0. The monoisotopic (exact) mass is 402 g/mol.